The highest BCUT2D eigenvalue weighted by atomic mass is 79.9. The molecule has 0 saturated heterocycles. The van der Waals surface area contributed by atoms with Gasteiger partial charge in [-0.2, -0.15) is 0 Å². The third-order valence-electron chi connectivity index (χ3n) is 3.45. The monoisotopic (exact) mass is 319 g/mol. The first kappa shape index (κ1) is 12.5. The largest absolute Gasteiger partial charge is 0.468 e. The van der Waals surface area contributed by atoms with Crippen molar-refractivity contribution < 1.29 is 9.21 Å². The summed E-state index contributed by atoms with van der Waals surface area (Å²) in [6.07, 6.45) is 3.06. The summed E-state index contributed by atoms with van der Waals surface area (Å²) in [5.74, 6) is 1.03. The Morgan fingerprint density at radius 3 is 2.89 bits per heavy atom. The van der Waals surface area contributed by atoms with Gasteiger partial charge in [0.05, 0.1) is 11.1 Å². The number of carbonyl (C=O) groups excluding carboxylic acids is 1. The summed E-state index contributed by atoms with van der Waals surface area (Å²) in [6.45, 7) is 2.03. The van der Waals surface area contributed by atoms with Crippen LogP contribution in [0.1, 0.15) is 33.7 Å². The van der Waals surface area contributed by atoms with Crippen molar-refractivity contribution in [2.75, 3.05) is 5.32 Å². The molecule has 1 aliphatic heterocycles. The van der Waals surface area contributed by atoms with Crippen LogP contribution >= 0.6 is 15.9 Å². The number of benzene rings is 1. The predicted octanol–water partition coefficient (Wildman–Crippen LogP) is 3.96. The molecule has 1 aromatic heterocycles. The van der Waals surface area contributed by atoms with Gasteiger partial charge >= 0.3 is 0 Å². The molecule has 2 aromatic rings. The molecule has 0 bridgehead atoms. The zero-order chi connectivity index (χ0) is 13.4. The lowest BCUT2D eigenvalue weighted by molar-refractivity contribution is -0.116. The van der Waals surface area contributed by atoms with Crippen LogP contribution in [0.2, 0.25) is 0 Å². The fourth-order valence-electron chi connectivity index (χ4n) is 2.36. The molecule has 0 saturated carbocycles. The van der Waals surface area contributed by atoms with Crippen molar-refractivity contribution in [2.24, 2.45) is 0 Å². The second-order valence-electron chi connectivity index (χ2n) is 4.80. The fraction of sp³-hybridized carbons (Fsp3) is 0.267. The molecule has 0 radical (unpaired) electrons. The van der Waals surface area contributed by atoms with Crippen LogP contribution in [0.25, 0.3) is 0 Å². The van der Waals surface area contributed by atoms with Crippen LogP contribution in [0, 0.1) is 6.92 Å². The van der Waals surface area contributed by atoms with Gasteiger partial charge in [0.15, 0.2) is 0 Å². The summed E-state index contributed by atoms with van der Waals surface area (Å²) in [5, 5.41) is 2.89. The molecule has 2 heterocycles. The maximum atomic E-state index is 11.3. The molecule has 3 rings (SSSR count). The summed E-state index contributed by atoms with van der Waals surface area (Å²) in [4.78, 5) is 11.4. The van der Waals surface area contributed by atoms with E-state index in [1.807, 2.05) is 25.1 Å². The Kier molecular flexibility index (Phi) is 3.19. The maximum absolute atomic E-state index is 11.3. The number of amides is 1. The van der Waals surface area contributed by atoms with Gasteiger partial charge in [0, 0.05) is 12.1 Å². The molecule has 0 fully saturated rings. The van der Waals surface area contributed by atoms with E-state index in [9.17, 15) is 4.79 Å². The number of hydrogen-bond acceptors (Lipinski definition) is 2. The third kappa shape index (κ3) is 2.32. The standard InChI is InChI=1S/C15H14BrNO2/c1-9-6-7-19-15(9)14(16)11-2-4-12-10(8-11)3-5-13(18)17-12/h2,4,6-8,14H,3,5H2,1H3,(H,17,18). The van der Waals surface area contributed by atoms with E-state index in [0.29, 0.717) is 6.42 Å². The van der Waals surface area contributed by atoms with E-state index < -0.39 is 0 Å². The molecule has 1 atom stereocenters. The zero-order valence-electron chi connectivity index (χ0n) is 10.6. The number of alkyl halides is 1. The van der Waals surface area contributed by atoms with E-state index in [1.54, 1.807) is 6.26 Å². The lowest BCUT2D eigenvalue weighted by Crippen LogP contribution is -2.19. The number of carbonyl (C=O) groups is 1. The van der Waals surface area contributed by atoms with Gasteiger partial charge in [0.25, 0.3) is 0 Å². The molecule has 0 spiro atoms. The average Bonchev–Trinajstić information content (AvgIpc) is 2.83. The first-order chi connectivity index (χ1) is 9.15. The van der Waals surface area contributed by atoms with Crippen molar-refractivity contribution in [3.63, 3.8) is 0 Å². The number of halogens is 1. The quantitative estimate of drug-likeness (QED) is 0.851. The molecular weight excluding hydrogens is 306 g/mol. The van der Waals surface area contributed by atoms with E-state index >= 15 is 0 Å². The van der Waals surface area contributed by atoms with E-state index in [0.717, 1.165) is 29.0 Å². The Labute approximate surface area is 120 Å². The van der Waals surface area contributed by atoms with Gasteiger partial charge < -0.3 is 9.73 Å². The molecule has 4 heteroatoms. The average molecular weight is 320 g/mol. The normalized spacial score (nSPS) is 15.8. The molecule has 0 aliphatic carbocycles. The number of furan rings is 1. The topological polar surface area (TPSA) is 42.2 Å². The molecule has 19 heavy (non-hydrogen) atoms. The van der Waals surface area contributed by atoms with Crippen molar-refractivity contribution in [1.82, 2.24) is 0 Å². The van der Waals surface area contributed by atoms with E-state index in [2.05, 4.69) is 27.3 Å². The number of nitrogens with one attached hydrogen (secondary N) is 1. The van der Waals surface area contributed by atoms with Crippen LogP contribution in [0.15, 0.2) is 34.9 Å². The Balaban J connectivity index is 1.94. The molecule has 98 valence electrons. The number of anilines is 1. The molecular formula is C15H14BrNO2. The molecule has 1 unspecified atom stereocenters. The Hall–Kier alpha value is -1.55. The van der Waals surface area contributed by atoms with Crippen LogP contribution in [0.3, 0.4) is 0 Å². The third-order valence-corrected chi connectivity index (χ3v) is 4.39. The maximum Gasteiger partial charge on any atom is 0.224 e. The number of aryl methyl sites for hydroxylation is 2. The highest BCUT2D eigenvalue weighted by Gasteiger charge is 2.20. The van der Waals surface area contributed by atoms with Gasteiger partial charge in [0.2, 0.25) is 5.91 Å². The van der Waals surface area contributed by atoms with Gasteiger partial charge in [-0.15, -0.1) is 0 Å². The summed E-state index contributed by atoms with van der Waals surface area (Å²) < 4.78 is 5.52. The lowest BCUT2D eigenvalue weighted by Gasteiger charge is -2.19. The Morgan fingerprint density at radius 1 is 1.32 bits per heavy atom. The second kappa shape index (κ2) is 4.85. The van der Waals surface area contributed by atoms with Crippen LogP contribution in [0.4, 0.5) is 5.69 Å². The minimum atomic E-state index is 0.0467. The molecule has 1 aliphatic rings. The van der Waals surface area contributed by atoms with Gasteiger partial charge in [-0.1, -0.05) is 28.1 Å². The first-order valence-electron chi connectivity index (χ1n) is 6.26. The highest BCUT2D eigenvalue weighted by molar-refractivity contribution is 9.09. The van der Waals surface area contributed by atoms with Gasteiger partial charge in [0.1, 0.15) is 5.76 Å². The van der Waals surface area contributed by atoms with Crippen molar-refractivity contribution in [1.29, 1.82) is 0 Å². The smallest absolute Gasteiger partial charge is 0.224 e. The minimum absolute atomic E-state index is 0.0467. The van der Waals surface area contributed by atoms with Gasteiger partial charge in [-0.25, -0.2) is 0 Å². The minimum Gasteiger partial charge on any atom is -0.468 e. The SMILES string of the molecule is Cc1ccoc1C(Br)c1ccc2c(c1)CCC(=O)N2. The number of hydrogen-bond donors (Lipinski definition) is 1. The Bertz CT molecular complexity index is 633. The molecule has 1 aromatic carbocycles. The summed E-state index contributed by atoms with van der Waals surface area (Å²) in [6, 6.07) is 8.08. The van der Waals surface area contributed by atoms with Crippen LogP contribution in [-0.2, 0) is 11.2 Å². The van der Waals surface area contributed by atoms with Crippen molar-refractivity contribution in [2.45, 2.75) is 24.6 Å². The summed E-state index contributed by atoms with van der Waals surface area (Å²) >= 11 is 3.68. The summed E-state index contributed by atoms with van der Waals surface area (Å²) in [5.41, 5.74) is 4.39. The van der Waals surface area contributed by atoms with Crippen LogP contribution in [0.5, 0.6) is 0 Å². The predicted molar refractivity (Wildman–Crippen MR) is 77.6 cm³/mol. The fourth-order valence-corrected chi connectivity index (χ4v) is 3.11. The first-order valence-corrected chi connectivity index (χ1v) is 7.17. The van der Waals surface area contributed by atoms with Gasteiger partial charge in [-0.05, 0) is 42.2 Å². The van der Waals surface area contributed by atoms with Crippen LogP contribution in [-0.4, -0.2) is 5.91 Å². The van der Waals surface area contributed by atoms with Crippen molar-refractivity contribution in [3.8, 4) is 0 Å². The van der Waals surface area contributed by atoms with E-state index in [-0.39, 0.29) is 10.7 Å². The lowest BCUT2D eigenvalue weighted by atomic mass is 9.98. The van der Waals surface area contributed by atoms with E-state index in [4.69, 9.17) is 4.42 Å². The number of fused-ring (bicyclic) bond motifs is 1. The summed E-state index contributed by atoms with van der Waals surface area (Å²) in [7, 11) is 0. The van der Waals surface area contributed by atoms with Gasteiger partial charge in [-0.3, -0.25) is 4.79 Å². The molecule has 3 nitrogen and oxygen atoms in total. The number of rotatable bonds is 2. The van der Waals surface area contributed by atoms with Crippen LogP contribution < -0.4 is 5.32 Å². The molecule has 1 N–H and O–H groups in total. The van der Waals surface area contributed by atoms with E-state index in [1.165, 1.54) is 5.56 Å². The highest BCUT2D eigenvalue weighted by Crippen LogP contribution is 2.35. The Morgan fingerprint density at radius 2 is 2.16 bits per heavy atom. The zero-order valence-corrected chi connectivity index (χ0v) is 12.2. The molecule has 1 amide bonds. The van der Waals surface area contributed by atoms with Crippen molar-refractivity contribution >= 4 is 27.5 Å². The van der Waals surface area contributed by atoms with Crippen molar-refractivity contribution in [3.05, 3.63) is 53.0 Å². The second-order valence-corrected chi connectivity index (χ2v) is 5.71.